The molecule has 5 heteroatoms. The summed E-state index contributed by atoms with van der Waals surface area (Å²) >= 11 is 1.72. The van der Waals surface area contributed by atoms with Gasteiger partial charge in [0.05, 0.1) is 10.7 Å². The summed E-state index contributed by atoms with van der Waals surface area (Å²) in [5, 5.41) is 7.19. The van der Waals surface area contributed by atoms with Crippen LogP contribution < -0.4 is 10.6 Å². The van der Waals surface area contributed by atoms with Crippen molar-refractivity contribution in [1.82, 2.24) is 15.6 Å². The van der Waals surface area contributed by atoms with E-state index in [0.717, 1.165) is 17.2 Å². The second kappa shape index (κ2) is 5.96. The number of rotatable bonds is 5. The van der Waals surface area contributed by atoms with E-state index in [0.29, 0.717) is 6.54 Å². The van der Waals surface area contributed by atoms with Crippen LogP contribution in [0.2, 0.25) is 0 Å². The minimum Gasteiger partial charge on any atom is -0.355 e. The summed E-state index contributed by atoms with van der Waals surface area (Å²) in [6, 6.07) is 0.235. The summed E-state index contributed by atoms with van der Waals surface area (Å²) in [6.07, 6.45) is 0. The van der Waals surface area contributed by atoms with Crippen LogP contribution in [-0.4, -0.2) is 24.0 Å². The van der Waals surface area contributed by atoms with Crippen molar-refractivity contribution in [3.63, 3.8) is 0 Å². The van der Waals surface area contributed by atoms with Gasteiger partial charge in [0.25, 0.3) is 0 Å². The Hall–Kier alpha value is -0.940. The average Bonchev–Trinajstić information content (AvgIpc) is 2.52. The smallest absolute Gasteiger partial charge is 0.216 e. The SMILES string of the molecule is CC(=O)NCCNC(C)c1nc(C)sc1C. The number of carbonyl (C=O) groups excluding carboxylic acids is 1. The Balaban J connectivity index is 2.38. The first kappa shape index (κ1) is 13.1. The van der Waals surface area contributed by atoms with Gasteiger partial charge in [0.15, 0.2) is 0 Å². The van der Waals surface area contributed by atoms with E-state index >= 15 is 0 Å². The maximum atomic E-state index is 10.7. The molecule has 4 nitrogen and oxygen atoms in total. The molecule has 2 N–H and O–H groups in total. The number of aryl methyl sites for hydroxylation is 2. The summed E-state index contributed by atoms with van der Waals surface area (Å²) < 4.78 is 0. The van der Waals surface area contributed by atoms with Crippen molar-refractivity contribution < 1.29 is 4.79 Å². The molecule has 1 heterocycles. The molecule has 0 spiro atoms. The largest absolute Gasteiger partial charge is 0.355 e. The van der Waals surface area contributed by atoms with Crippen LogP contribution in [0.5, 0.6) is 0 Å². The lowest BCUT2D eigenvalue weighted by Crippen LogP contribution is -2.31. The van der Waals surface area contributed by atoms with Crippen LogP contribution in [0.3, 0.4) is 0 Å². The van der Waals surface area contributed by atoms with E-state index in [4.69, 9.17) is 0 Å². The first-order valence-electron chi connectivity index (χ1n) is 5.42. The van der Waals surface area contributed by atoms with Crippen LogP contribution in [0.1, 0.15) is 35.5 Å². The number of nitrogens with zero attached hydrogens (tertiary/aromatic N) is 1. The van der Waals surface area contributed by atoms with Crippen molar-refractivity contribution in [2.45, 2.75) is 33.7 Å². The van der Waals surface area contributed by atoms with Gasteiger partial charge in [0.1, 0.15) is 0 Å². The summed E-state index contributed by atoms with van der Waals surface area (Å²) in [4.78, 5) is 16.4. The Kier molecular flexibility index (Phi) is 4.89. The Morgan fingerprint density at radius 3 is 2.62 bits per heavy atom. The molecular weight excluding hydrogens is 222 g/mol. The molecule has 0 aliphatic heterocycles. The molecule has 16 heavy (non-hydrogen) atoms. The van der Waals surface area contributed by atoms with Crippen molar-refractivity contribution in [2.24, 2.45) is 0 Å². The molecule has 0 radical (unpaired) electrons. The molecule has 1 rings (SSSR count). The number of nitrogens with one attached hydrogen (secondary N) is 2. The number of hydrogen-bond donors (Lipinski definition) is 2. The van der Waals surface area contributed by atoms with Gasteiger partial charge in [0, 0.05) is 30.9 Å². The standard InChI is InChI=1S/C11H19N3OS/c1-7(12-5-6-13-9(3)15)11-8(2)16-10(4)14-11/h7,12H,5-6H2,1-4H3,(H,13,15). The van der Waals surface area contributed by atoms with E-state index in [1.54, 1.807) is 11.3 Å². The third kappa shape index (κ3) is 3.90. The van der Waals surface area contributed by atoms with Gasteiger partial charge in [-0.3, -0.25) is 4.79 Å². The van der Waals surface area contributed by atoms with E-state index < -0.39 is 0 Å². The fraction of sp³-hybridized carbons (Fsp3) is 0.636. The van der Waals surface area contributed by atoms with Gasteiger partial charge >= 0.3 is 0 Å². The number of amides is 1. The highest BCUT2D eigenvalue weighted by atomic mass is 32.1. The Morgan fingerprint density at radius 2 is 2.12 bits per heavy atom. The van der Waals surface area contributed by atoms with Gasteiger partial charge < -0.3 is 10.6 Å². The molecule has 90 valence electrons. The number of carbonyl (C=O) groups is 1. The van der Waals surface area contributed by atoms with Gasteiger partial charge in [-0.05, 0) is 20.8 Å². The zero-order chi connectivity index (χ0) is 12.1. The molecule has 1 amide bonds. The molecule has 1 atom stereocenters. The average molecular weight is 241 g/mol. The highest BCUT2D eigenvalue weighted by Crippen LogP contribution is 2.21. The lowest BCUT2D eigenvalue weighted by Gasteiger charge is -2.12. The van der Waals surface area contributed by atoms with Crippen molar-refractivity contribution in [2.75, 3.05) is 13.1 Å². The van der Waals surface area contributed by atoms with Gasteiger partial charge in [-0.1, -0.05) is 0 Å². The molecule has 1 aromatic rings. The number of aromatic nitrogens is 1. The molecule has 0 saturated heterocycles. The lowest BCUT2D eigenvalue weighted by molar-refractivity contribution is -0.118. The molecular formula is C11H19N3OS. The van der Waals surface area contributed by atoms with Crippen LogP contribution in [0, 0.1) is 13.8 Å². The van der Waals surface area contributed by atoms with Crippen molar-refractivity contribution in [3.8, 4) is 0 Å². The number of hydrogen-bond acceptors (Lipinski definition) is 4. The molecule has 0 aromatic carbocycles. The summed E-state index contributed by atoms with van der Waals surface area (Å²) in [5.74, 6) is 0.00939. The van der Waals surface area contributed by atoms with Gasteiger partial charge in [-0.15, -0.1) is 11.3 Å². The van der Waals surface area contributed by atoms with E-state index in [1.165, 1.54) is 11.8 Å². The summed E-state index contributed by atoms with van der Waals surface area (Å²) in [5.41, 5.74) is 1.12. The summed E-state index contributed by atoms with van der Waals surface area (Å²) in [7, 11) is 0. The van der Waals surface area contributed by atoms with Crippen molar-refractivity contribution in [1.29, 1.82) is 0 Å². The molecule has 0 aliphatic rings. The van der Waals surface area contributed by atoms with E-state index in [9.17, 15) is 4.79 Å². The van der Waals surface area contributed by atoms with Gasteiger partial charge in [-0.25, -0.2) is 4.98 Å². The van der Waals surface area contributed by atoms with Gasteiger partial charge in [0.2, 0.25) is 5.91 Å². The van der Waals surface area contributed by atoms with Gasteiger partial charge in [-0.2, -0.15) is 0 Å². The predicted molar refractivity (Wildman–Crippen MR) is 66.7 cm³/mol. The van der Waals surface area contributed by atoms with E-state index in [1.807, 2.05) is 6.92 Å². The maximum absolute atomic E-state index is 10.7. The molecule has 0 fully saturated rings. The topological polar surface area (TPSA) is 54.0 Å². The van der Waals surface area contributed by atoms with E-state index in [-0.39, 0.29) is 11.9 Å². The highest BCUT2D eigenvalue weighted by molar-refractivity contribution is 7.11. The monoisotopic (exact) mass is 241 g/mol. The molecule has 0 aliphatic carbocycles. The highest BCUT2D eigenvalue weighted by Gasteiger charge is 2.11. The van der Waals surface area contributed by atoms with Crippen LogP contribution in [-0.2, 0) is 4.79 Å². The zero-order valence-electron chi connectivity index (χ0n) is 10.3. The molecule has 0 bridgehead atoms. The molecule has 0 saturated carbocycles. The normalized spacial score (nSPS) is 12.5. The van der Waals surface area contributed by atoms with Crippen LogP contribution in [0.25, 0.3) is 0 Å². The minimum absolute atomic E-state index is 0.00939. The predicted octanol–water partition coefficient (Wildman–Crippen LogP) is 1.55. The zero-order valence-corrected chi connectivity index (χ0v) is 11.1. The first-order valence-corrected chi connectivity index (χ1v) is 6.24. The first-order chi connectivity index (χ1) is 7.50. The third-order valence-electron chi connectivity index (χ3n) is 2.30. The Bertz CT molecular complexity index is 362. The van der Waals surface area contributed by atoms with Crippen LogP contribution in [0.4, 0.5) is 0 Å². The fourth-order valence-electron chi connectivity index (χ4n) is 1.57. The molecule has 1 aromatic heterocycles. The Morgan fingerprint density at radius 1 is 1.44 bits per heavy atom. The van der Waals surface area contributed by atoms with Crippen molar-refractivity contribution in [3.05, 3.63) is 15.6 Å². The minimum atomic E-state index is 0.00939. The number of thiazole rings is 1. The van der Waals surface area contributed by atoms with Crippen LogP contribution in [0.15, 0.2) is 0 Å². The second-order valence-electron chi connectivity index (χ2n) is 3.83. The van der Waals surface area contributed by atoms with Crippen molar-refractivity contribution >= 4 is 17.2 Å². The lowest BCUT2D eigenvalue weighted by atomic mass is 10.2. The maximum Gasteiger partial charge on any atom is 0.216 e. The third-order valence-corrected chi connectivity index (χ3v) is 3.20. The molecule has 1 unspecified atom stereocenters. The fourth-order valence-corrected chi connectivity index (χ4v) is 2.48. The summed E-state index contributed by atoms with van der Waals surface area (Å²) in [6.45, 7) is 9.14. The Labute approximate surface area is 100 Å². The quantitative estimate of drug-likeness (QED) is 0.769. The van der Waals surface area contributed by atoms with Crippen LogP contribution >= 0.6 is 11.3 Å². The second-order valence-corrected chi connectivity index (χ2v) is 5.24. The van der Waals surface area contributed by atoms with E-state index in [2.05, 4.69) is 29.5 Å².